The highest BCUT2D eigenvalue weighted by Gasteiger charge is 2.20. The highest BCUT2D eigenvalue weighted by atomic mass is 16.6. The average Bonchev–Trinajstić information content (AvgIpc) is 2.39. The van der Waals surface area contributed by atoms with Gasteiger partial charge in [-0.15, -0.1) is 0 Å². The molecular weight excluding hydrogens is 236 g/mol. The highest BCUT2D eigenvalue weighted by Crippen LogP contribution is 2.27. The normalized spacial score (nSPS) is 14.6. The summed E-state index contributed by atoms with van der Waals surface area (Å²) in [5.41, 5.74) is 0.404. The minimum atomic E-state index is -1.07. The van der Waals surface area contributed by atoms with Crippen LogP contribution in [-0.2, 0) is 0 Å². The Kier molecular flexibility index (Phi) is 3.27. The lowest BCUT2D eigenvalue weighted by Crippen LogP contribution is -2.28. The quantitative estimate of drug-likeness (QED) is 0.503. The van der Waals surface area contributed by atoms with Crippen LogP contribution < -0.4 is 4.90 Å². The van der Waals surface area contributed by atoms with Crippen LogP contribution >= 0.6 is 0 Å². The van der Waals surface area contributed by atoms with Crippen molar-refractivity contribution in [1.82, 2.24) is 0 Å². The zero-order chi connectivity index (χ0) is 13.1. The third kappa shape index (κ3) is 2.32. The minimum absolute atomic E-state index is 0.0930. The monoisotopic (exact) mass is 248 g/mol. The van der Waals surface area contributed by atoms with Crippen molar-refractivity contribution in [2.24, 2.45) is 0 Å². The SMILES string of the molecule is O=C(O)c1ccc([N+](=O)[O-])cc1N1CC=CCC1. The van der Waals surface area contributed by atoms with Gasteiger partial charge in [-0.3, -0.25) is 10.1 Å². The lowest BCUT2D eigenvalue weighted by molar-refractivity contribution is -0.384. The largest absolute Gasteiger partial charge is 0.478 e. The number of carboxylic acids is 1. The molecule has 0 radical (unpaired) electrons. The number of nitro groups is 1. The molecule has 0 amide bonds. The maximum Gasteiger partial charge on any atom is 0.337 e. The second-order valence-electron chi connectivity index (χ2n) is 3.97. The number of nitro benzene ring substituents is 1. The molecule has 0 saturated carbocycles. The summed E-state index contributed by atoms with van der Waals surface area (Å²) in [4.78, 5) is 23.2. The first kappa shape index (κ1) is 12.1. The van der Waals surface area contributed by atoms with Gasteiger partial charge in [0.2, 0.25) is 0 Å². The topological polar surface area (TPSA) is 83.7 Å². The van der Waals surface area contributed by atoms with Gasteiger partial charge in [-0.05, 0) is 12.5 Å². The fourth-order valence-corrected chi connectivity index (χ4v) is 1.94. The molecule has 0 spiro atoms. The summed E-state index contributed by atoms with van der Waals surface area (Å²) < 4.78 is 0. The molecule has 0 saturated heterocycles. The Morgan fingerprint density at radius 1 is 1.39 bits per heavy atom. The minimum Gasteiger partial charge on any atom is -0.478 e. The van der Waals surface area contributed by atoms with Crippen LogP contribution in [0.15, 0.2) is 30.4 Å². The first-order valence-electron chi connectivity index (χ1n) is 5.51. The second kappa shape index (κ2) is 4.87. The van der Waals surface area contributed by atoms with Crippen LogP contribution in [0.3, 0.4) is 0 Å². The Bertz CT molecular complexity index is 525. The van der Waals surface area contributed by atoms with Crippen LogP contribution in [0.4, 0.5) is 11.4 Å². The van der Waals surface area contributed by atoms with Crippen molar-refractivity contribution in [3.05, 3.63) is 46.0 Å². The Morgan fingerprint density at radius 3 is 2.72 bits per heavy atom. The van der Waals surface area contributed by atoms with E-state index in [1.807, 2.05) is 17.1 Å². The molecule has 2 rings (SSSR count). The number of carbonyl (C=O) groups is 1. The predicted octanol–water partition coefficient (Wildman–Crippen LogP) is 2.06. The van der Waals surface area contributed by atoms with Gasteiger partial charge < -0.3 is 10.0 Å². The van der Waals surface area contributed by atoms with Crippen molar-refractivity contribution in [1.29, 1.82) is 0 Å². The third-order valence-electron chi connectivity index (χ3n) is 2.82. The van der Waals surface area contributed by atoms with E-state index in [-0.39, 0.29) is 11.3 Å². The van der Waals surface area contributed by atoms with E-state index >= 15 is 0 Å². The van der Waals surface area contributed by atoms with Crippen LogP contribution in [0.25, 0.3) is 0 Å². The van der Waals surface area contributed by atoms with Crippen LogP contribution in [0.2, 0.25) is 0 Å². The summed E-state index contributed by atoms with van der Waals surface area (Å²) in [5.74, 6) is -1.07. The number of hydrogen-bond acceptors (Lipinski definition) is 4. The number of anilines is 1. The second-order valence-corrected chi connectivity index (χ2v) is 3.97. The number of non-ortho nitro benzene ring substituents is 1. The van der Waals surface area contributed by atoms with Gasteiger partial charge in [-0.1, -0.05) is 12.2 Å². The number of rotatable bonds is 3. The van der Waals surface area contributed by atoms with Crippen molar-refractivity contribution < 1.29 is 14.8 Å². The number of hydrogen-bond donors (Lipinski definition) is 1. The highest BCUT2D eigenvalue weighted by molar-refractivity contribution is 5.95. The fourth-order valence-electron chi connectivity index (χ4n) is 1.94. The van der Waals surface area contributed by atoms with E-state index in [2.05, 4.69) is 0 Å². The van der Waals surface area contributed by atoms with Gasteiger partial charge in [0.25, 0.3) is 5.69 Å². The molecule has 18 heavy (non-hydrogen) atoms. The molecular formula is C12H12N2O4. The van der Waals surface area contributed by atoms with Gasteiger partial charge in [0.1, 0.15) is 0 Å². The van der Waals surface area contributed by atoms with E-state index in [1.54, 1.807) is 0 Å². The number of aromatic carboxylic acids is 1. The van der Waals surface area contributed by atoms with Crippen molar-refractivity contribution in [3.63, 3.8) is 0 Å². The van der Waals surface area contributed by atoms with Gasteiger partial charge in [0.15, 0.2) is 0 Å². The summed E-state index contributed by atoms with van der Waals surface area (Å²) >= 11 is 0. The molecule has 1 heterocycles. The van der Waals surface area contributed by atoms with E-state index in [0.717, 1.165) is 6.42 Å². The zero-order valence-electron chi connectivity index (χ0n) is 9.57. The number of nitrogens with zero attached hydrogens (tertiary/aromatic N) is 2. The van der Waals surface area contributed by atoms with Gasteiger partial charge in [0.05, 0.1) is 16.2 Å². The van der Waals surface area contributed by atoms with Crippen LogP contribution in [-0.4, -0.2) is 29.1 Å². The summed E-state index contributed by atoms with van der Waals surface area (Å²) in [5, 5.41) is 19.9. The van der Waals surface area contributed by atoms with Gasteiger partial charge in [-0.2, -0.15) is 0 Å². The first-order chi connectivity index (χ1) is 8.59. The maximum atomic E-state index is 11.1. The summed E-state index contributed by atoms with van der Waals surface area (Å²) in [6.07, 6.45) is 4.74. The third-order valence-corrected chi connectivity index (χ3v) is 2.82. The van der Waals surface area contributed by atoms with Crippen LogP contribution in [0.5, 0.6) is 0 Å². The Labute approximate surface area is 103 Å². The van der Waals surface area contributed by atoms with Crippen molar-refractivity contribution in [2.45, 2.75) is 6.42 Å². The molecule has 0 fully saturated rings. The van der Waals surface area contributed by atoms with Crippen molar-refractivity contribution in [3.8, 4) is 0 Å². The van der Waals surface area contributed by atoms with Crippen LogP contribution in [0, 0.1) is 10.1 Å². The summed E-state index contributed by atoms with van der Waals surface area (Å²) in [6.45, 7) is 1.24. The standard InChI is InChI=1S/C12H12N2O4/c15-12(16)10-5-4-9(14(17)18)8-11(10)13-6-2-1-3-7-13/h1-2,4-5,8H,3,6-7H2,(H,15,16). The first-order valence-corrected chi connectivity index (χ1v) is 5.51. The van der Waals surface area contributed by atoms with Crippen LogP contribution in [0.1, 0.15) is 16.8 Å². The average molecular weight is 248 g/mol. The molecule has 1 aromatic rings. The molecule has 0 aromatic heterocycles. The molecule has 0 aliphatic carbocycles. The molecule has 0 atom stereocenters. The zero-order valence-corrected chi connectivity index (χ0v) is 9.57. The molecule has 6 nitrogen and oxygen atoms in total. The smallest absolute Gasteiger partial charge is 0.337 e. The summed E-state index contributed by atoms with van der Waals surface area (Å²) in [7, 11) is 0. The van der Waals surface area contributed by atoms with Crippen molar-refractivity contribution in [2.75, 3.05) is 18.0 Å². The molecule has 94 valence electrons. The predicted molar refractivity (Wildman–Crippen MR) is 66.0 cm³/mol. The molecule has 1 N–H and O–H groups in total. The van der Waals surface area contributed by atoms with Gasteiger partial charge in [-0.25, -0.2) is 4.79 Å². The van der Waals surface area contributed by atoms with Crippen molar-refractivity contribution >= 4 is 17.3 Å². The fraction of sp³-hybridized carbons (Fsp3) is 0.250. The van der Waals surface area contributed by atoms with E-state index in [0.29, 0.717) is 18.8 Å². The van der Waals surface area contributed by atoms with E-state index in [1.165, 1.54) is 18.2 Å². The molecule has 6 heteroatoms. The number of carboxylic acid groups (broad SMARTS) is 1. The van der Waals surface area contributed by atoms with E-state index in [9.17, 15) is 14.9 Å². The molecule has 0 unspecified atom stereocenters. The number of benzene rings is 1. The molecule has 1 aliphatic heterocycles. The maximum absolute atomic E-state index is 11.1. The van der Waals surface area contributed by atoms with E-state index < -0.39 is 10.9 Å². The Morgan fingerprint density at radius 2 is 2.17 bits per heavy atom. The molecule has 1 aliphatic rings. The Hall–Kier alpha value is -2.37. The molecule has 0 bridgehead atoms. The molecule has 1 aromatic carbocycles. The van der Waals surface area contributed by atoms with Gasteiger partial charge in [0, 0.05) is 25.2 Å². The van der Waals surface area contributed by atoms with Gasteiger partial charge >= 0.3 is 5.97 Å². The summed E-state index contributed by atoms with van der Waals surface area (Å²) in [6, 6.07) is 3.82. The Balaban J connectivity index is 2.46. The lowest BCUT2D eigenvalue weighted by Gasteiger charge is -2.26. The van der Waals surface area contributed by atoms with E-state index in [4.69, 9.17) is 5.11 Å². The lowest BCUT2D eigenvalue weighted by atomic mass is 10.1.